The number of carbonyl (C=O) groups is 1. The van der Waals surface area contributed by atoms with E-state index < -0.39 is 11.7 Å². The number of carboxylic acid groups (broad SMARTS) is 1. The smallest absolute Gasteiger partial charge is 0.245 e. The maximum atomic E-state index is 10.7. The van der Waals surface area contributed by atoms with Gasteiger partial charge in [-0.2, -0.15) is 4.98 Å². The summed E-state index contributed by atoms with van der Waals surface area (Å²) >= 11 is 0. The van der Waals surface area contributed by atoms with Gasteiger partial charge in [-0.15, -0.1) is 10.2 Å². The number of ether oxygens (including phenoxy) is 1. The number of benzene rings is 1. The van der Waals surface area contributed by atoms with Gasteiger partial charge in [-0.3, -0.25) is 0 Å². The molecule has 0 aliphatic carbocycles. The molecule has 86 valence electrons. The summed E-state index contributed by atoms with van der Waals surface area (Å²) in [5.74, 6) is -1.28. The molecule has 1 aromatic heterocycles. The molecule has 0 fully saturated rings. The minimum absolute atomic E-state index is 0.112. The minimum atomic E-state index is -1.47. The van der Waals surface area contributed by atoms with Crippen LogP contribution in [0.3, 0.4) is 0 Å². The third-order valence-electron chi connectivity index (χ3n) is 2.07. The molecule has 6 nitrogen and oxygen atoms in total. The van der Waals surface area contributed by atoms with Crippen molar-refractivity contribution in [3.63, 3.8) is 0 Å². The fourth-order valence-corrected chi connectivity index (χ4v) is 1.29. The van der Waals surface area contributed by atoms with Crippen LogP contribution >= 0.6 is 0 Å². The van der Waals surface area contributed by atoms with E-state index in [-0.39, 0.29) is 5.88 Å². The quantitative estimate of drug-likeness (QED) is 0.732. The fourth-order valence-electron chi connectivity index (χ4n) is 1.29. The van der Waals surface area contributed by atoms with Crippen molar-refractivity contribution < 1.29 is 14.6 Å². The van der Waals surface area contributed by atoms with E-state index in [0.29, 0.717) is 5.82 Å². The average Bonchev–Trinajstić information content (AvgIpc) is 2.39. The van der Waals surface area contributed by atoms with Gasteiger partial charge in [0.15, 0.2) is 11.5 Å². The zero-order valence-corrected chi connectivity index (χ0v) is 8.95. The molecule has 6 heteroatoms. The molecule has 0 saturated heterocycles. The van der Waals surface area contributed by atoms with Crippen molar-refractivity contribution in [3.05, 3.63) is 36.0 Å². The zero-order valence-electron chi connectivity index (χ0n) is 8.95. The molecular formula is C11H8N3O3-. The number of hydrogen-bond acceptors (Lipinski definition) is 6. The molecule has 17 heavy (non-hydrogen) atoms. The Hall–Kier alpha value is -2.50. The molecule has 0 N–H and O–H groups in total. The lowest BCUT2D eigenvalue weighted by atomic mass is 10.2. The number of methoxy groups -OCH3 is 1. The first-order chi connectivity index (χ1) is 8.22. The zero-order chi connectivity index (χ0) is 12.3. The molecule has 0 aliphatic heterocycles. The van der Waals surface area contributed by atoms with Gasteiger partial charge in [-0.1, -0.05) is 30.3 Å². The van der Waals surface area contributed by atoms with Gasteiger partial charge in [0.05, 0.1) is 13.1 Å². The van der Waals surface area contributed by atoms with Gasteiger partial charge in [-0.05, 0) is 0 Å². The van der Waals surface area contributed by atoms with Crippen molar-refractivity contribution in [3.8, 4) is 17.3 Å². The highest BCUT2D eigenvalue weighted by Crippen LogP contribution is 2.18. The largest absolute Gasteiger partial charge is 0.543 e. The Morgan fingerprint density at radius 1 is 1.24 bits per heavy atom. The molecule has 1 aromatic carbocycles. The SMILES string of the molecule is COc1nc(-c2ccccc2)nnc1C(=O)[O-]. The normalized spacial score (nSPS) is 9.94. The van der Waals surface area contributed by atoms with E-state index in [1.165, 1.54) is 7.11 Å². The number of carboxylic acids is 1. The van der Waals surface area contributed by atoms with E-state index >= 15 is 0 Å². The van der Waals surface area contributed by atoms with E-state index in [2.05, 4.69) is 15.2 Å². The molecule has 1 heterocycles. The second kappa shape index (κ2) is 4.56. The maximum absolute atomic E-state index is 10.7. The Kier molecular flexibility index (Phi) is 2.95. The van der Waals surface area contributed by atoms with Crippen LogP contribution in [0.1, 0.15) is 10.5 Å². The standard InChI is InChI=1S/C11H9N3O3/c1-17-10-8(11(15)16)13-14-9(12-10)7-5-3-2-4-6-7/h2-6H,1H3,(H,15,16)/p-1. The first kappa shape index (κ1) is 11.0. The molecule has 0 radical (unpaired) electrons. The Labute approximate surface area is 96.9 Å². The highest BCUT2D eigenvalue weighted by Gasteiger charge is 2.11. The van der Waals surface area contributed by atoms with E-state index in [1.54, 1.807) is 12.1 Å². The first-order valence-corrected chi connectivity index (χ1v) is 4.78. The van der Waals surface area contributed by atoms with Gasteiger partial charge in [-0.25, -0.2) is 0 Å². The van der Waals surface area contributed by atoms with Crippen LogP contribution in [0.25, 0.3) is 11.4 Å². The molecular weight excluding hydrogens is 222 g/mol. The van der Waals surface area contributed by atoms with Gasteiger partial charge in [0.2, 0.25) is 5.88 Å². The molecule has 0 aliphatic rings. The minimum Gasteiger partial charge on any atom is -0.543 e. The molecule has 2 aromatic rings. The first-order valence-electron chi connectivity index (χ1n) is 4.78. The third-order valence-corrected chi connectivity index (χ3v) is 2.07. The molecule has 0 spiro atoms. The Morgan fingerprint density at radius 3 is 2.53 bits per heavy atom. The maximum Gasteiger partial charge on any atom is 0.245 e. The van der Waals surface area contributed by atoms with Crippen LogP contribution in [-0.2, 0) is 0 Å². The summed E-state index contributed by atoms with van der Waals surface area (Å²) in [6.07, 6.45) is 0. The number of nitrogens with zero attached hydrogens (tertiary/aromatic N) is 3. The van der Waals surface area contributed by atoms with Gasteiger partial charge in [0, 0.05) is 5.56 Å². The van der Waals surface area contributed by atoms with Crippen molar-refractivity contribution >= 4 is 5.97 Å². The van der Waals surface area contributed by atoms with Crippen LogP contribution < -0.4 is 9.84 Å². The molecule has 0 bridgehead atoms. The van der Waals surface area contributed by atoms with Gasteiger partial charge in [0.25, 0.3) is 0 Å². The van der Waals surface area contributed by atoms with Crippen LogP contribution in [0.15, 0.2) is 30.3 Å². The van der Waals surface area contributed by atoms with Crippen LogP contribution in [0.2, 0.25) is 0 Å². The average molecular weight is 230 g/mol. The fraction of sp³-hybridized carbons (Fsp3) is 0.0909. The van der Waals surface area contributed by atoms with Gasteiger partial charge in [0.1, 0.15) is 0 Å². The monoisotopic (exact) mass is 230 g/mol. The van der Waals surface area contributed by atoms with Crippen molar-refractivity contribution in [1.29, 1.82) is 0 Å². The van der Waals surface area contributed by atoms with E-state index in [4.69, 9.17) is 4.74 Å². The van der Waals surface area contributed by atoms with E-state index in [0.717, 1.165) is 5.56 Å². The van der Waals surface area contributed by atoms with E-state index in [1.807, 2.05) is 18.2 Å². The molecule has 0 amide bonds. The summed E-state index contributed by atoms with van der Waals surface area (Å²) < 4.78 is 4.83. The van der Waals surface area contributed by atoms with Gasteiger partial charge < -0.3 is 14.6 Å². The predicted octanol–water partition coefficient (Wildman–Crippen LogP) is -0.0893. The Morgan fingerprint density at radius 2 is 1.94 bits per heavy atom. The summed E-state index contributed by atoms with van der Waals surface area (Å²) in [6, 6.07) is 9.06. The highest BCUT2D eigenvalue weighted by atomic mass is 16.5. The second-order valence-corrected chi connectivity index (χ2v) is 3.15. The molecule has 0 atom stereocenters. The summed E-state index contributed by atoms with van der Waals surface area (Å²) in [6.45, 7) is 0. The number of aromatic carboxylic acids is 1. The lowest BCUT2D eigenvalue weighted by molar-refractivity contribution is -0.255. The van der Waals surface area contributed by atoms with Crippen LogP contribution in [0.5, 0.6) is 5.88 Å². The summed E-state index contributed by atoms with van der Waals surface area (Å²) in [4.78, 5) is 14.7. The van der Waals surface area contributed by atoms with Crippen molar-refractivity contribution in [1.82, 2.24) is 15.2 Å². The number of hydrogen-bond donors (Lipinski definition) is 0. The lowest BCUT2D eigenvalue weighted by Crippen LogP contribution is -2.25. The molecule has 2 rings (SSSR count). The Bertz CT molecular complexity index is 543. The van der Waals surface area contributed by atoms with Gasteiger partial charge >= 0.3 is 0 Å². The third kappa shape index (κ3) is 2.20. The van der Waals surface area contributed by atoms with Crippen molar-refractivity contribution in [2.24, 2.45) is 0 Å². The number of aromatic nitrogens is 3. The lowest BCUT2D eigenvalue weighted by Gasteiger charge is -2.07. The molecule has 0 saturated carbocycles. The summed E-state index contributed by atoms with van der Waals surface area (Å²) in [7, 11) is 1.31. The van der Waals surface area contributed by atoms with Crippen LogP contribution in [-0.4, -0.2) is 28.3 Å². The summed E-state index contributed by atoms with van der Waals surface area (Å²) in [5.41, 5.74) is 0.315. The van der Waals surface area contributed by atoms with Crippen LogP contribution in [0.4, 0.5) is 0 Å². The van der Waals surface area contributed by atoms with E-state index in [9.17, 15) is 9.90 Å². The number of rotatable bonds is 3. The van der Waals surface area contributed by atoms with Crippen LogP contribution in [0, 0.1) is 0 Å². The topological polar surface area (TPSA) is 88.0 Å². The number of carbonyl (C=O) groups excluding carboxylic acids is 1. The summed E-state index contributed by atoms with van der Waals surface area (Å²) in [5, 5.41) is 17.9. The molecule has 0 unspecified atom stereocenters. The Balaban J connectivity index is 2.49. The predicted molar refractivity (Wildman–Crippen MR) is 56.1 cm³/mol. The van der Waals surface area contributed by atoms with Crippen molar-refractivity contribution in [2.45, 2.75) is 0 Å². The van der Waals surface area contributed by atoms with Crippen molar-refractivity contribution in [2.75, 3.05) is 7.11 Å². The second-order valence-electron chi connectivity index (χ2n) is 3.15. The highest BCUT2D eigenvalue weighted by molar-refractivity contribution is 5.86.